The van der Waals surface area contributed by atoms with Crippen LogP contribution in [-0.2, 0) is 19.4 Å². The summed E-state index contributed by atoms with van der Waals surface area (Å²) in [4.78, 5) is 25.1. The van der Waals surface area contributed by atoms with Crippen LogP contribution in [0.2, 0.25) is 5.02 Å². The maximum atomic E-state index is 13.8. The Morgan fingerprint density at radius 1 is 1.00 bits per heavy atom. The number of hydrogen-bond acceptors (Lipinski definition) is 6. The van der Waals surface area contributed by atoms with E-state index in [2.05, 4.69) is 10.6 Å². The van der Waals surface area contributed by atoms with Crippen molar-refractivity contribution in [3.05, 3.63) is 58.4 Å². The molecule has 2 aromatic carbocycles. The van der Waals surface area contributed by atoms with Gasteiger partial charge in [0.25, 0.3) is 5.91 Å². The molecule has 2 saturated carbocycles. The van der Waals surface area contributed by atoms with Gasteiger partial charge in [-0.25, -0.2) is 21.6 Å². The third kappa shape index (κ3) is 5.84. The van der Waals surface area contributed by atoms with Crippen LogP contribution in [-0.4, -0.2) is 55.9 Å². The Morgan fingerprint density at radius 2 is 1.61 bits per heavy atom. The molecule has 3 N–H and O–H groups in total. The number of aliphatic hydroxyl groups is 1. The second-order valence-corrected chi connectivity index (χ2v) is 13.7. The van der Waals surface area contributed by atoms with E-state index >= 15 is 0 Å². The van der Waals surface area contributed by atoms with Crippen molar-refractivity contribution in [1.29, 1.82) is 0 Å². The van der Waals surface area contributed by atoms with Gasteiger partial charge in [-0.15, -0.1) is 0 Å². The maximum absolute atomic E-state index is 13.8. The van der Waals surface area contributed by atoms with E-state index in [9.17, 15) is 36.3 Å². The molecule has 2 amide bonds. The number of amides is 2. The first-order valence-corrected chi connectivity index (χ1v) is 15.4. The number of sulfone groups is 1. The molecule has 3 aliphatic rings. The van der Waals surface area contributed by atoms with Crippen LogP contribution in [0.15, 0.2) is 35.2 Å². The van der Waals surface area contributed by atoms with Gasteiger partial charge in [0.1, 0.15) is 0 Å². The topological polar surface area (TPSA) is 122 Å². The molecule has 3 fully saturated rings. The average Bonchev–Trinajstić information content (AvgIpc) is 3.10. The number of nitrogens with one attached hydrogen (secondary N) is 2. The lowest BCUT2D eigenvalue weighted by Gasteiger charge is -2.42. The Morgan fingerprint density at radius 3 is 2.22 bits per heavy atom. The zero-order valence-corrected chi connectivity index (χ0v) is 23.5. The number of halogens is 4. The first-order valence-electron chi connectivity index (χ1n) is 13.5. The summed E-state index contributed by atoms with van der Waals surface area (Å²) in [5.41, 5.74) is -1.71. The van der Waals surface area contributed by atoms with Crippen molar-refractivity contribution in [2.75, 3.05) is 25.1 Å². The highest BCUT2D eigenvalue weighted by Gasteiger charge is 2.55. The molecule has 0 radical (unpaired) electrons. The molecule has 2 aromatic rings. The largest absolute Gasteiger partial charge is 0.387 e. The van der Waals surface area contributed by atoms with Crippen molar-refractivity contribution in [3.8, 4) is 0 Å². The van der Waals surface area contributed by atoms with Crippen molar-refractivity contribution < 1.29 is 41.0 Å². The van der Waals surface area contributed by atoms with Crippen LogP contribution in [0.5, 0.6) is 0 Å². The van der Waals surface area contributed by atoms with Crippen LogP contribution in [0.25, 0.3) is 0 Å². The Kier molecular flexibility index (Phi) is 8.39. The molecule has 13 heteroatoms. The third-order valence-electron chi connectivity index (χ3n) is 8.69. The van der Waals surface area contributed by atoms with Crippen LogP contribution in [0.4, 0.5) is 18.9 Å². The number of hydrogen-bond donors (Lipinski definition) is 3. The molecule has 222 valence electrons. The van der Waals surface area contributed by atoms with E-state index in [-0.39, 0.29) is 64.2 Å². The Bertz CT molecular complexity index is 1430. The van der Waals surface area contributed by atoms with E-state index in [1.807, 2.05) is 0 Å². The van der Waals surface area contributed by atoms with Crippen molar-refractivity contribution in [2.45, 2.75) is 54.3 Å². The predicted octanol–water partition coefficient (Wildman–Crippen LogP) is 4.25. The molecule has 8 nitrogen and oxygen atoms in total. The van der Waals surface area contributed by atoms with E-state index in [0.717, 1.165) is 6.07 Å². The zero-order chi connectivity index (χ0) is 29.5. The SMILES string of the molecule is O=C(Nc1cc(F)c(F)c(F)c1)c1ccc(Cl)c(S(=O)(=O)[C@H]2CC3CCC(C2)[C@]3(O)CNC(=O)C2CCOCC2)c1. The third-order valence-corrected chi connectivity index (χ3v) is 11.3. The minimum absolute atomic E-state index is 0.0479. The van der Waals surface area contributed by atoms with Gasteiger partial charge < -0.3 is 20.5 Å². The molecule has 1 aliphatic heterocycles. The number of rotatable bonds is 7. The molecule has 0 spiro atoms. The average molecular weight is 615 g/mol. The number of carbonyl (C=O) groups is 2. The molecule has 41 heavy (non-hydrogen) atoms. The number of ether oxygens (including phenoxy) is 1. The minimum Gasteiger partial charge on any atom is -0.387 e. The molecule has 2 bridgehead atoms. The van der Waals surface area contributed by atoms with E-state index in [0.29, 0.717) is 51.0 Å². The van der Waals surface area contributed by atoms with E-state index < -0.39 is 44.0 Å². The lowest BCUT2D eigenvalue weighted by Crippen LogP contribution is -2.55. The summed E-state index contributed by atoms with van der Waals surface area (Å²) in [5.74, 6) is -6.56. The number of benzene rings is 2. The lowest BCUT2D eigenvalue weighted by atomic mass is 9.74. The van der Waals surface area contributed by atoms with Crippen LogP contribution >= 0.6 is 11.6 Å². The van der Waals surface area contributed by atoms with Crippen LogP contribution in [0, 0.1) is 35.2 Å². The Labute approximate surface area is 240 Å². The van der Waals surface area contributed by atoms with Crippen LogP contribution in [0.1, 0.15) is 48.9 Å². The van der Waals surface area contributed by atoms with Crippen molar-refractivity contribution >= 4 is 38.9 Å². The molecule has 0 aromatic heterocycles. The number of carbonyl (C=O) groups excluding carboxylic acids is 2. The first kappa shape index (κ1) is 29.8. The Balaban J connectivity index is 1.30. The fourth-order valence-corrected chi connectivity index (χ4v) is 8.76. The molecule has 2 unspecified atom stereocenters. The zero-order valence-electron chi connectivity index (χ0n) is 22.0. The van der Waals surface area contributed by atoms with E-state index in [4.69, 9.17) is 16.3 Å². The molecule has 2 aliphatic carbocycles. The molecule has 5 rings (SSSR count). The Hall–Kier alpha value is -2.67. The molecular formula is C28H30ClF3N2O6S. The maximum Gasteiger partial charge on any atom is 0.255 e. The molecular weight excluding hydrogens is 585 g/mol. The quantitative estimate of drug-likeness (QED) is 0.401. The second kappa shape index (κ2) is 11.5. The van der Waals surface area contributed by atoms with Gasteiger partial charge in [0, 0.05) is 49.1 Å². The molecule has 1 saturated heterocycles. The molecule has 2 atom stereocenters. The standard InChI is InChI=1S/C28H30ClF3N2O6S/c29-21-4-1-16(27(36)34-19-12-22(30)25(32)23(31)13-19)9-24(21)41(38,39)20-10-17-2-3-18(11-20)28(17,37)14-33-26(35)15-5-7-40-8-6-15/h1,4,9,12-13,15,17-18,20,37H,2-3,5-8,10-11,14H2,(H,33,35)(H,34,36)/t17?,18?,20-,28-. The highest BCUT2D eigenvalue weighted by Crippen LogP contribution is 2.52. The highest BCUT2D eigenvalue weighted by molar-refractivity contribution is 7.92. The van der Waals surface area contributed by atoms with Crippen LogP contribution in [0.3, 0.4) is 0 Å². The van der Waals surface area contributed by atoms with Gasteiger partial charge in [0.2, 0.25) is 5.91 Å². The van der Waals surface area contributed by atoms with Gasteiger partial charge >= 0.3 is 0 Å². The summed E-state index contributed by atoms with van der Waals surface area (Å²) in [6.45, 7) is 1.08. The van der Waals surface area contributed by atoms with Gasteiger partial charge in [-0.3, -0.25) is 9.59 Å². The highest BCUT2D eigenvalue weighted by atomic mass is 35.5. The fourth-order valence-electron chi connectivity index (χ4n) is 6.36. The summed E-state index contributed by atoms with van der Waals surface area (Å²) < 4.78 is 73.2. The summed E-state index contributed by atoms with van der Waals surface area (Å²) in [6, 6.07) is 4.82. The summed E-state index contributed by atoms with van der Waals surface area (Å²) >= 11 is 6.27. The van der Waals surface area contributed by atoms with Gasteiger partial charge in [0.15, 0.2) is 27.3 Å². The monoisotopic (exact) mass is 614 g/mol. The summed E-state index contributed by atoms with van der Waals surface area (Å²) in [5, 5.41) is 15.7. The van der Waals surface area contributed by atoms with Gasteiger partial charge in [-0.2, -0.15) is 0 Å². The van der Waals surface area contributed by atoms with E-state index in [1.165, 1.54) is 12.1 Å². The number of fused-ring (bicyclic) bond motifs is 2. The smallest absolute Gasteiger partial charge is 0.255 e. The minimum atomic E-state index is -4.06. The van der Waals surface area contributed by atoms with Gasteiger partial charge in [0.05, 0.1) is 20.8 Å². The second-order valence-electron chi connectivity index (χ2n) is 11.1. The van der Waals surface area contributed by atoms with Crippen molar-refractivity contribution in [1.82, 2.24) is 5.32 Å². The summed E-state index contributed by atoms with van der Waals surface area (Å²) in [6.07, 6.45) is 2.77. The first-order chi connectivity index (χ1) is 19.4. The summed E-state index contributed by atoms with van der Waals surface area (Å²) in [7, 11) is -4.06. The van der Waals surface area contributed by atoms with Crippen LogP contribution < -0.4 is 10.6 Å². The fraction of sp³-hybridized carbons (Fsp3) is 0.500. The van der Waals surface area contributed by atoms with Crippen molar-refractivity contribution in [2.24, 2.45) is 17.8 Å². The normalized spacial score (nSPS) is 26.5. The van der Waals surface area contributed by atoms with E-state index in [1.54, 1.807) is 0 Å². The molecule has 1 heterocycles. The predicted molar refractivity (Wildman–Crippen MR) is 144 cm³/mol. The van der Waals surface area contributed by atoms with Gasteiger partial charge in [-0.05, 0) is 68.6 Å². The lowest BCUT2D eigenvalue weighted by molar-refractivity contribution is -0.130. The van der Waals surface area contributed by atoms with Crippen molar-refractivity contribution in [3.63, 3.8) is 0 Å². The van der Waals surface area contributed by atoms with Gasteiger partial charge in [-0.1, -0.05) is 11.6 Å². The number of anilines is 1.